The molecule has 2 aromatic rings. The highest BCUT2D eigenvalue weighted by atomic mass is 19.1. The number of rotatable bonds is 4. The summed E-state index contributed by atoms with van der Waals surface area (Å²) in [5.41, 5.74) is 8.36. The maximum absolute atomic E-state index is 13.1. The number of benzene rings is 2. The van der Waals surface area contributed by atoms with E-state index in [9.17, 15) is 9.18 Å². The molecular formula is C18H20FNO. The van der Waals surface area contributed by atoms with Crippen molar-refractivity contribution in [3.63, 3.8) is 0 Å². The maximum atomic E-state index is 13.1. The highest BCUT2D eigenvalue weighted by molar-refractivity contribution is 5.91. The van der Waals surface area contributed by atoms with Gasteiger partial charge in [-0.15, -0.1) is 0 Å². The van der Waals surface area contributed by atoms with Crippen LogP contribution in [0, 0.1) is 12.7 Å². The van der Waals surface area contributed by atoms with Crippen molar-refractivity contribution in [2.75, 3.05) is 5.73 Å². The summed E-state index contributed by atoms with van der Waals surface area (Å²) in [7, 11) is 0. The fourth-order valence-electron chi connectivity index (χ4n) is 2.31. The molecule has 0 saturated carbocycles. The summed E-state index contributed by atoms with van der Waals surface area (Å²) in [5.74, 6) is -0.177. The van der Waals surface area contributed by atoms with E-state index in [1.807, 2.05) is 32.9 Å². The molecule has 0 aliphatic heterocycles. The molecule has 0 unspecified atom stereocenters. The van der Waals surface area contributed by atoms with E-state index in [2.05, 4.69) is 0 Å². The van der Waals surface area contributed by atoms with Crippen LogP contribution in [0.2, 0.25) is 0 Å². The van der Waals surface area contributed by atoms with Gasteiger partial charge in [0.05, 0.1) is 0 Å². The Labute approximate surface area is 124 Å². The van der Waals surface area contributed by atoms with Crippen molar-refractivity contribution in [3.05, 3.63) is 65.0 Å². The van der Waals surface area contributed by atoms with Crippen LogP contribution in [-0.2, 0) is 16.6 Å². The van der Waals surface area contributed by atoms with E-state index < -0.39 is 5.41 Å². The zero-order valence-electron chi connectivity index (χ0n) is 12.6. The van der Waals surface area contributed by atoms with Crippen molar-refractivity contribution in [1.82, 2.24) is 0 Å². The van der Waals surface area contributed by atoms with Crippen LogP contribution in [0.5, 0.6) is 0 Å². The second kappa shape index (κ2) is 5.68. The molecule has 0 aliphatic carbocycles. The predicted octanol–water partition coefficient (Wildman–Crippen LogP) is 3.81. The fraction of sp³-hybridized carbons (Fsp3) is 0.278. The number of hydrogen-bond donors (Lipinski definition) is 1. The van der Waals surface area contributed by atoms with Crippen LogP contribution in [0.25, 0.3) is 0 Å². The third-order valence-electron chi connectivity index (χ3n) is 3.99. The summed E-state index contributed by atoms with van der Waals surface area (Å²) in [6.07, 6.45) is 0.295. The Bertz CT molecular complexity index is 659. The molecule has 0 heterocycles. The van der Waals surface area contributed by atoms with E-state index in [1.165, 1.54) is 12.1 Å². The van der Waals surface area contributed by atoms with Gasteiger partial charge in [-0.25, -0.2) is 4.39 Å². The van der Waals surface area contributed by atoms with E-state index in [0.717, 1.165) is 16.7 Å². The van der Waals surface area contributed by atoms with E-state index >= 15 is 0 Å². The van der Waals surface area contributed by atoms with E-state index in [1.54, 1.807) is 18.2 Å². The molecule has 2 N–H and O–H groups in total. The van der Waals surface area contributed by atoms with Gasteiger partial charge in [-0.05, 0) is 61.7 Å². The molecule has 0 aliphatic rings. The van der Waals surface area contributed by atoms with Crippen molar-refractivity contribution in [2.24, 2.45) is 0 Å². The van der Waals surface area contributed by atoms with Crippen molar-refractivity contribution in [3.8, 4) is 0 Å². The SMILES string of the molecule is Cc1cc(F)ccc1CC(=O)C(C)(C)c1ccc(N)cc1. The van der Waals surface area contributed by atoms with Gasteiger partial charge >= 0.3 is 0 Å². The van der Waals surface area contributed by atoms with E-state index in [0.29, 0.717) is 12.1 Å². The molecular weight excluding hydrogens is 265 g/mol. The lowest BCUT2D eigenvalue weighted by Crippen LogP contribution is -2.30. The first-order chi connectivity index (χ1) is 9.80. The number of carbonyl (C=O) groups excluding carboxylic acids is 1. The molecule has 110 valence electrons. The molecule has 2 rings (SSSR count). The number of anilines is 1. The van der Waals surface area contributed by atoms with Gasteiger partial charge in [-0.2, -0.15) is 0 Å². The molecule has 21 heavy (non-hydrogen) atoms. The van der Waals surface area contributed by atoms with Gasteiger partial charge in [-0.3, -0.25) is 4.79 Å². The second-order valence-corrected chi connectivity index (χ2v) is 5.92. The van der Waals surface area contributed by atoms with Crippen molar-refractivity contribution in [2.45, 2.75) is 32.6 Å². The summed E-state index contributed by atoms with van der Waals surface area (Å²) in [6, 6.07) is 11.9. The normalized spacial score (nSPS) is 11.4. The van der Waals surface area contributed by atoms with E-state index in [-0.39, 0.29) is 11.6 Å². The molecule has 0 spiro atoms. The van der Waals surface area contributed by atoms with Crippen LogP contribution in [-0.4, -0.2) is 5.78 Å². The lowest BCUT2D eigenvalue weighted by molar-refractivity contribution is -0.122. The lowest BCUT2D eigenvalue weighted by Gasteiger charge is -2.24. The van der Waals surface area contributed by atoms with Crippen LogP contribution in [0.15, 0.2) is 42.5 Å². The van der Waals surface area contributed by atoms with Crippen LogP contribution in [0.3, 0.4) is 0 Å². The molecule has 0 fully saturated rings. The molecule has 0 atom stereocenters. The molecule has 0 aromatic heterocycles. The molecule has 0 radical (unpaired) electrons. The third-order valence-corrected chi connectivity index (χ3v) is 3.99. The second-order valence-electron chi connectivity index (χ2n) is 5.92. The zero-order valence-corrected chi connectivity index (χ0v) is 12.6. The van der Waals surface area contributed by atoms with Gasteiger partial charge in [0.2, 0.25) is 0 Å². The fourth-order valence-corrected chi connectivity index (χ4v) is 2.31. The lowest BCUT2D eigenvalue weighted by atomic mass is 9.78. The summed E-state index contributed by atoms with van der Waals surface area (Å²) in [6.45, 7) is 5.63. The smallest absolute Gasteiger partial charge is 0.147 e. The Hall–Kier alpha value is -2.16. The van der Waals surface area contributed by atoms with Gasteiger partial charge in [0.15, 0.2) is 0 Å². The number of hydrogen-bond acceptors (Lipinski definition) is 2. The Morgan fingerprint density at radius 3 is 2.33 bits per heavy atom. The first-order valence-corrected chi connectivity index (χ1v) is 6.95. The number of nitrogen functional groups attached to an aromatic ring is 1. The molecule has 2 nitrogen and oxygen atoms in total. The summed E-state index contributed by atoms with van der Waals surface area (Å²) in [4.78, 5) is 12.6. The molecule has 3 heteroatoms. The highest BCUT2D eigenvalue weighted by Gasteiger charge is 2.29. The molecule has 0 saturated heterocycles. The Balaban J connectivity index is 2.24. The number of halogens is 1. The van der Waals surface area contributed by atoms with Crippen LogP contribution in [0.4, 0.5) is 10.1 Å². The molecule has 0 bridgehead atoms. The Morgan fingerprint density at radius 1 is 1.14 bits per heavy atom. The first kappa shape index (κ1) is 15.2. The first-order valence-electron chi connectivity index (χ1n) is 6.95. The summed E-state index contributed by atoms with van der Waals surface area (Å²) >= 11 is 0. The molecule has 2 aromatic carbocycles. The standard InChI is InChI=1S/C18H20FNO/c1-12-10-15(19)7-4-13(12)11-17(21)18(2,3)14-5-8-16(20)9-6-14/h4-10H,11,20H2,1-3H3. The monoisotopic (exact) mass is 285 g/mol. The zero-order chi connectivity index (χ0) is 15.6. The Morgan fingerprint density at radius 2 is 1.76 bits per heavy atom. The summed E-state index contributed by atoms with van der Waals surface area (Å²) in [5, 5.41) is 0. The third kappa shape index (κ3) is 3.30. The number of Topliss-reactive ketones (excluding diaryl/α,β-unsaturated/α-hetero) is 1. The number of aryl methyl sites for hydroxylation is 1. The van der Waals surface area contributed by atoms with Gasteiger partial charge in [0, 0.05) is 17.5 Å². The highest BCUT2D eigenvalue weighted by Crippen LogP contribution is 2.27. The van der Waals surface area contributed by atoms with Gasteiger partial charge < -0.3 is 5.73 Å². The largest absolute Gasteiger partial charge is 0.399 e. The van der Waals surface area contributed by atoms with Gasteiger partial charge in [0.1, 0.15) is 11.6 Å². The topological polar surface area (TPSA) is 43.1 Å². The number of carbonyl (C=O) groups is 1. The van der Waals surface area contributed by atoms with Crippen LogP contribution >= 0.6 is 0 Å². The van der Waals surface area contributed by atoms with Crippen molar-refractivity contribution >= 4 is 11.5 Å². The van der Waals surface area contributed by atoms with Crippen molar-refractivity contribution in [1.29, 1.82) is 0 Å². The minimum absolute atomic E-state index is 0.0991. The maximum Gasteiger partial charge on any atom is 0.147 e. The predicted molar refractivity (Wildman–Crippen MR) is 83.7 cm³/mol. The summed E-state index contributed by atoms with van der Waals surface area (Å²) < 4.78 is 13.1. The number of nitrogens with two attached hydrogens (primary N) is 1. The van der Waals surface area contributed by atoms with Crippen molar-refractivity contribution < 1.29 is 9.18 Å². The Kier molecular flexibility index (Phi) is 4.12. The average molecular weight is 285 g/mol. The minimum Gasteiger partial charge on any atom is -0.399 e. The van der Waals surface area contributed by atoms with Crippen LogP contribution < -0.4 is 5.73 Å². The number of ketones is 1. The molecule has 0 amide bonds. The average Bonchev–Trinajstić information content (AvgIpc) is 2.42. The minimum atomic E-state index is -0.603. The van der Waals surface area contributed by atoms with Crippen LogP contribution in [0.1, 0.15) is 30.5 Å². The van der Waals surface area contributed by atoms with E-state index in [4.69, 9.17) is 5.73 Å². The van der Waals surface area contributed by atoms with Gasteiger partial charge in [0.25, 0.3) is 0 Å². The van der Waals surface area contributed by atoms with Gasteiger partial charge in [-0.1, -0.05) is 18.2 Å². The quantitative estimate of drug-likeness (QED) is 0.868.